The van der Waals surface area contributed by atoms with Crippen LogP contribution in [0.1, 0.15) is 18.6 Å². The van der Waals surface area contributed by atoms with Gasteiger partial charge >= 0.3 is 0 Å². The second-order valence-electron chi connectivity index (χ2n) is 4.93. The highest BCUT2D eigenvalue weighted by Crippen LogP contribution is 2.32. The van der Waals surface area contributed by atoms with Crippen LogP contribution in [0.4, 0.5) is 0 Å². The van der Waals surface area contributed by atoms with Crippen molar-refractivity contribution >= 4 is 21.4 Å². The number of likely N-dealkylation sites (N-methyl/N-ethyl adjacent to an activating group) is 1. The Hall–Kier alpha value is -0.940. The molecule has 0 saturated carbocycles. The number of rotatable bonds is 3. The van der Waals surface area contributed by atoms with Gasteiger partial charge in [-0.05, 0) is 23.4 Å². The Labute approximate surface area is 117 Å². The Morgan fingerprint density at radius 1 is 1.47 bits per heavy atom. The van der Waals surface area contributed by atoms with E-state index in [1.54, 1.807) is 11.3 Å². The lowest BCUT2D eigenvalue weighted by Gasteiger charge is -2.34. The molecule has 1 aliphatic heterocycles. The topological polar surface area (TPSA) is 32.7 Å². The van der Waals surface area contributed by atoms with Gasteiger partial charge in [0.1, 0.15) is 12.2 Å². The van der Waals surface area contributed by atoms with Gasteiger partial charge in [-0.3, -0.25) is 4.90 Å². The van der Waals surface area contributed by atoms with Gasteiger partial charge in [0.15, 0.2) is 0 Å². The molecule has 0 aliphatic carbocycles. The zero-order valence-corrected chi connectivity index (χ0v) is 11.9. The first-order valence-corrected chi connectivity index (χ1v) is 7.65. The monoisotopic (exact) mass is 277 g/mol. The van der Waals surface area contributed by atoms with E-state index in [0.29, 0.717) is 6.61 Å². The van der Waals surface area contributed by atoms with E-state index in [9.17, 15) is 5.11 Å². The normalized spacial score (nSPS) is 22.7. The van der Waals surface area contributed by atoms with Crippen molar-refractivity contribution < 1.29 is 9.84 Å². The predicted molar refractivity (Wildman–Crippen MR) is 78.6 cm³/mol. The number of fused-ring (bicyclic) bond motifs is 1. The van der Waals surface area contributed by atoms with E-state index in [1.165, 1.54) is 10.1 Å². The summed E-state index contributed by atoms with van der Waals surface area (Å²) in [5.41, 5.74) is 0.996. The highest BCUT2D eigenvalue weighted by molar-refractivity contribution is 7.17. The summed E-state index contributed by atoms with van der Waals surface area (Å²) < 4.78 is 6.94. The Morgan fingerprint density at radius 3 is 3.21 bits per heavy atom. The maximum absolute atomic E-state index is 10.6. The van der Waals surface area contributed by atoms with E-state index in [0.717, 1.165) is 25.2 Å². The van der Waals surface area contributed by atoms with Gasteiger partial charge in [-0.15, -0.1) is 11.3 Å². The smallest absolute Gasteiger partial charge is 0.108 e. The molecule has 0 radical (unpaired) electrons. The molecule has 4 heteroatoms. The van der Waals surface area contributed by atoms with E-state index in [-0.39, 0.29) is 6.10 Å². The molecule has 2 heterocycles. The van der Waals surface area contributed by atoms with Gasteiger partial charge in [-0.2, -0.15) is 0 Å². The van der Waals surface area contributed by atoms with E-state index in [1.807, 2.05) is 12.1 Å². The first-order valence-electron chi connectivity index (χ1n) is 6.77. The number of aliphatic hydroxyl groups excluding tert-OH is 1. The summed E-state index contributed by atoms with van der Waals surface area (Å²) in [6.07, 6.45) is -0.668. The van der Waals surface area contributed by atoms with Crippen LogP contribution in [0.15, 0.2) is 29.6 Å². The minimum absolute atomic E-state index is 0.124. The molecular weight excluding hydrogens is 258 g/mol. The summed E-state index contributed by atoms with van der Waals surface area (Å²) in [5, 5.41) is 13.9. The van der Waals surface area contributed by atoms with Crippen LogP contribution in [0, 0.1) is 0 Å². The van der Waals surface area contributed by atoms with Crippen LogP contribution >= 0.6 is 11.3 Å². The number of morpholine rings is 1. The molecule has 102 valence electrons. The number of hydrogen-bond acceptors (Lipinski definition) is 4. The van der Waals surface area contributed by atoms with Crippen molar-refractivity contribution in [3.63, 3.8) is 0 Å². The summed E-state index contributed by atoms with van der Waals surface area (Å²) in [4.78, 5) is 2.33. The molecular formula is C15H19NO2S. The third-order valence-corrected chi connectivity index (χ3v) is 4.78. The fourth-order valence-electron chi connectivity index (χ4n) is 2.66. The van der Waals surface area contributed by atoms with Crippen molar-refractivity contribution in [2.24, 2.45) is 0 Å². The Balaban J connectivity index is 1.86. The first kappa shape index (κ1) is 13.1. The molecule has 1 fully saturated rings. The fraction of sp³-hybridized carbons (Fsp3) is 0.467. The lowest BCUT2D eigenvalue weighted by Crippen LogP contribution is -2.44. The van der Waals surface area contributed by atoms with Crippen molar-refractivity contribution in [1.29, 1.82) is 0 Å². The van der Waals surface area contributed by atoms with Crippen molar-refractivity contribution in [3.05, 3.63) is 35.2 Å². The highest BCUT2D eigenvalue weighted by Gasteiger charge is 2.28. The van der Waals surface area contributed by atoms with Crippen LogP contribution in [0.2, 0.25) is 0 Å². The number of thiophene rings is 1. The highest BCUT2D eigenvalue weighted by atomic mass is 32.1. The molecule has 1 aromatic carbocycles. The van der Waals surface area contributed by atoms with Crippen molar-refractivity contribution in [2.45, 2.75) is 19.1 Å². The Bertz CT molecular complexity index is 554. The maximum atomic E-state index is 10.6. The zero-order valence-electron chi connectivity index (χ0n) is 11.1. The molecule has 2 aromatic rings. The van der Waals surface area contributed by atoms with Gasteiger partial charge in [0, 0.05) is 23.4 Å². The van der Waals surface area contributed by atoms with E-state index in [4.69, 9.17) is 4.74 Å². The fourth-order valence-corrected chi connectivity index (χ4v) is 3.61. The van der Waals surface area contributed by atoms with Gasteiger partial charge in [-0.25, -0.2) is 0 Å². The van der Waals surface area contributed by atoms with Gasteiger partial charge < -0.3 is 9.84 Å². The van der Waals surface area contributed by atoms with Gasteiger partial charge in [0.05, 0.1) is 6.61 Å². The summed E-state index contributed by atoms with van der Waals surface area (Å²) in [6.45, 7) is 5.63. The zero-order chi connectivity index (χ0) is 13.2. The summed E-state index contributed by atoms with van der Waals surface area (Å²) in [7, 11) is 0. The Kier molecular flexibility index (Phi) is 3.84. The number of hydrogen-bond donors (Lipinski definition) is 1. The molecule has 0 spiro atoms. The lowest BCUT2D eigenvalue weighted by atomic mass is 10.0. The molecule has 1 saturated heterocycles. The molecule has 3 rings (SSSR count). The van der Waals surface area contributed by atoms with Crippen LogP contribution in [-0.4, -0.2) is 42.4 Å². The molecule has 0 amide bonds. The summed E-state index contributed by atoms with van der Waals surface area (Å²) in [6, 6.07) is 8.20. The van der Waals surface area contributed by atoms with E-state index >= 15 is 0 Å². The molecule has 0 bridgehead atoms. The minimum atomic E-state index is -0.545. The van der Waals surface area contributed by atoms with Gasteiger partial charge in [0.25, 0.3) is 0 Å². The standard InChI is InChI=1S/C15H19NO2S/c1-2-16-7-8-18-13(10-16)14(17)12-5-3-4-11-6-9-19-15(11)12/h3-6,9,13-14,17H,2,7-8,10H2,1H3. The van der Waals surface area contributed by atoms with Crippen LogP contribution in [0.25, 0.3) is 10.1 Å². The van der Waals surface area contributed by atoms with Gasteiger partial charge in [-0.1, -0.05) is 25.1 Å². The molecule has 2 unspecified atom stereocenters. The maximum Gasteiger partial charge on any atom is 0.108 e. The number of benzene rings is 1. The lowest BCUT2D eigenvalue weighted by molar-refractivity contribution is -0.0884. The number of ether oxygens (including phenoxy) is 1. The van der Waals surface area contributed by atoms with Crippen molar-refractivity contribution in [3.8, 4) is 0 Å². The van der Waals surface area contributed by atoms with E-state index in [2.05, 4.69) is 29.3 Å². The molecule has 2 atom stereocenters. The quantitative estimate of drug-likeness (QED) is 0.936. The van der Waals surface area contributed by atoms with Gasteiger partial charge in [0.2, 0.25) is 0 Å². The Morgan fingerprint density at radius 2 is 2.37 bits per heavy atom. The molecule has 1 N–H and O–H groups in total. The predicted octanol–water partition coefficient (Wildman–Crippen LogP) is 2.66. The van der Waals surface area contributed by atoms with Crippen LogP contribution in [-0.2, 0) is 4.74 Å². The van der Waals surface area contributed by atoms with Crippen LogP contribution in [0.5, 0.6) is 0 Å². The number of nitrogens with zero attached hydrogens (tertiary/aromatic N) is 1. The summed E-state index contributed by atoms with van der Waals surface area (Å²) in [5.74, 6) is 0. The molecule has 19 heavy (non-hydrogen) atoms. The minimum Gasteiger partial charge on any atom is -0.386 e. The third-order valence-electron chi connectivity index (χ3n) is 3.81. The van der Waals surface area contributed by atoms with Crippen molar-refractivity contribution in [2.75, 3.05) is 26.2 Å². The number of aliphatic hydroxyl groups is 1. The SMILES string of the molecule is CCN1CCOC(C(O)c2cccc3ccsc23)C1. The average Bonchev–Trinajstić information content (AvgIpc) is 2.95. The second-order valence-corrected chi connectivity index (χ2v) is 5.85. The summed E-state index contributed by atoms with van der Waals surface area (Å²) >= 11 is 1.68. The molecule has 1 aromatic heterocycles. The third kappa shape index (κ3) is 2.54. The average molecular weight is 277 g/mol. The van der Waals surface area contributed by atoms with Crippen LogP contribution < -0.4 is 0 Å². The first-order chi connectivity index (χ1) is 9.29. The molecule has 1 aliphatic rings. The second kappa shape index (κ2) is 5.59. The van der Waals surface area contributed by atoms with Crippen molar-refractivity contribution in [1.82, 2.24) is 4.90 Å². The van der Waals surface area contributed by atoms with E-state index < -0.39 is 6.10 Å². The van der Waals surface area contributed by atoms with Crippen LogP contribution in [0.3, 0.4) is 0 Å². The molecule has 3 nitrogen and oxygen atoms in total. The largest absolute Gasteiger partial charge is 0.386 e.